The van der Waals surface area contributed by atoms with Crippen LogP contribution in [0.3, 0.4) is 0 Å². The van der Waals surface area contributed by atoms with E-state index in [1.165, 1.54) is 6.33 Å². The third-order valence-electron chi connectivity index (χ3n) is 3.26. The Morgan fingerprint density at radius 3 is 2.95 bits per heavy atom. The molecule has 0 atom stereocenters. The number of carbonyl (C=O) groups is 1. The molecule has 8 heteroatoms. The molecule has 0 bridgehead atoms. The van der Waals surface area contributed by atoms with E-state index in [2.05, 4.69) is 25.0 Å². The first kappa shape index (κ1) is 13.2. The van der Waals surface area contributed by atoms with Crippen LogP contribution in [0.5, 0.6) is 0 Å². The number of aromatic amines is 1. The maximum absolute atomic E-state index is 12.6. The van der Waals surface area contributed by atoms with Crippen molar-refractivity contribution in [2.45, 2.75) is 19.9 Å². The second-order valence-electron chi connectivity index (χ2n) is 4.64. The summed E-state index contributed by atoms with van der Waals surface area (Å²) in [7, 11) is 1.73. The number of nitrogens with one attached hydrogen (secondary N) is 1. The summed E-state index contributed by atoms with van der Waals surface area (Å²) in [6.45, 7) is 2.38. The molecule has 3 aromatic heterocycles. The van der Waals surface area contributed by atoms with Gasteiger partial charge in [0.2, 0.25) is 0 Å². The number of carbonyl (C=O) groups excluding carboxylic acids is 1. The third-order valence-corrected chi connectivity index (χ3v) is 3.26. The van der Waals surface area contributed by atoms with E-state index in [4.69, 9.17) is 0 Å². The van der Waals surface area contributed by atoms with Gasteiger partial charge in [-0.3, -0.25) is 4.79 Å². The average molecular weight is 285 g/mol. The van der Waals surface area contributed by atoms with Crippen LogP contribution in [0.15, 0.2) is 24.9 Å². The zero-order chi connectivity index (χ0) is 14.8. The number of aryl methyl sites for hydroxylation is 1. The molecule has 3 heterocycles. The van der Waals surface area contributed by atoms with E-state index in [-0.39, 0.29) is 5.91 Å². The second-order valence-corrected chi connectivity index (χ2v) is 4.64. The fraction of sp³-hybridized carbons (Fsp3) is 0.308. The Hall–Kier alpha value is -2.77. The largest absolute Gasteiger partial charge is 0.347 e. The molecule has 0 aromatic carbocycles. The Bertz CT molecular complexity index is 762. The molecular weight excluding hydrogens is 270 g/mol. The van der Waals surface area contributed by atoms with Crippen LogP contribution in [-0.2, 0) is 13.0 Å². The average Bonchev–Trinajstić information content (AvgIpc) is 3.15. The van der Waals surface area contributed by atoms with Crippen molar-refractivity contribution >= 4 is 11.7 Å². The highest BCUT2D eigenvalue weighted by molar-refractivity contribution is 5.95. The van der Waals surface area contributed by atoms with Crippen molar-refractivity contribution in [3.63, 3.8) is 0 Å². The van der Waals surface area contributed by atoms with Gasteiger partial charge in [-0.1, -0.05) is 6.92 Å². The van der Waals surface area contributed by atoms with Crippen LogP contribution in [0.2, 0.25) is 0 Å². The molecule has 3 aromatic rings. The van der Waals surface area contributed by atoms with Gasteiger partial charge in [-0.25, -0.2) is 14.5 Å². The van der Waals surface area contributed by atoms with Crippen molar-refractivity contribution in [1.29, 1.82) is 0 Å². The lowest BCUT2D eigenvalue weighted by molar-refractivity contribution is 0.0779. The second kappa shape index (κ2) is 5.31. The molecule has 0 saturated carbocycles. The zero-order valence-electron chi connectivity index (χ0n) is 11.8. The molecule has 0 unspecified atom stereocenters. The number of imidazole rings is 1. The number of nitrogens with zero attached hydrogens (tertiary/aromatic N) is 6. The van der Waals surface area contributed by atoms with Gasteiger partial charge in [0.25, 0.3) is 11.7 Å². The number of fused-ring (bicyclic) bond motifs is 1. The van der Waals surface area contributed by atoms with Crippen molar-refractivity contribution in [2.75, 3.05) is 7.05 Å². The Morgan fingerprint density at radius 2 is 2.24 bits per heavy atom. The Labute approximate surface area is 120 Å². The standard InChI is InChI=1S/C13H15N7O/c1-3-10-9(6-16-13-17-8-18-20(10)13)12(21)19(2)7-11-14-4-5-15-11/h4-6,8H,3,7H2,1-2H3,(H,14,15). The van der Waals surface area contributed by atoms with E-state index < -0.39 is 0 Å². The molecule has 8 nitrogen and oxygen atoms in total. The maximum atomic E-state index is 12.6. The summed E-state index contributed by atoms with van der Waals surface area (Å²) >= 11 is 0. The Morgan fingerprint density at radius 1 is 1.38 bits per heavy atom. The minimum Gasteiger partial charge on any atom is -0.347 e. The first-order valence-corrected chi connectivity index (χ1v) is 6.62. The van der Waals surface area contributed by atoms with Crippen molar-refractivity contribution in [3.8, 4) is 0 Å². The van der Waals surface area contributed by atoms with Crippen LogP contribution < -0.4 is 0 Å². The van der Waals surface area contributed by atoms with Crippen LogP contribution in [0.25, 0.3) is 5.78 Å². The van der Waals surface area contributed by atoms with Crippen molar-refractivity contribution in [2.24, 2.45) is 0 Å². The predicted molar refractivity (Wildman–Crippen MR) is 74.5 cm³/mol. The summed E-state index contributed by atoms with van der Waals surface area (Å²) in [4.78, 5) is 29.5. The summed E-state index contributed by atoms with van der Waals surface area (Å²) in [6, 6.07) is 0. The summed E-state index contributed by atoms with van der Waals surface area (Å²) in [5.74, 6) is 1.11. The molecule has 0 aliphatic carbocycles. The lowest BCUT2D eigenvalue weighted by atomic mass is 10.1. The maximum Gasteiger partial charge on any atom is 0.257 e. The van der Waals surface area contributed by atoms with Gasteiger partial charge < -0.3 is 9.88 Å². The lowest BCUT2D eigenvalue weighted by Gasteiger charge is -2.17. The van der Waals surface area contributed by atoms with E-state index in [1.54, 1.807) is 35.1 Å². The molecule has 108 valence electrons. The summed E-state index contributed by atoms with van der Waals surface area (Å²) in [5.41, 5.74) is 1.33. The Kier molecular flexibility index (Phi) is 3.35. The van der Waals surface area contributed by atoms with Gasteiger partial charge in [0.15, 0.2) is 0 Å². The first-order valence-electron chi connectivity index (χ1n) is 6.62. The number of rotatable bonds is 4. The molecule has 0 fully saturated rings. The molecular formula is C13H15N7O. The van der Waals surface area contributed by atoms with E-state index in [1.807, 2.05) is 6.92 Å². The molecule has 21 heavy (non-hydrogen) atoms. The predicted octanol–water partition coefficient (Wildman–Crippen LogP) is 0.682. The summed E-state index contributed by atoms with van der Waals surface area (Å²) in [5, 5.41) is 4.12. The topological polar surface area (TPSA) is 92.1 Å². The minimum absolute atomic E-state index is 0.117. The quantitative estimate of drug-likeness (QED) is 0.761. The van der Waals surface area contributed by atoms with Gasteiger partial charge in [-0.05, 0) is 6.42 Å². The van der Waals surface area contributed by atoms with Gasteiger partial charge in [-0.15, -0.1) is 0 Å². The molecule has 1 N–H and O–H groups in total. The summed E-state index contributed by atoms with van der Waals surface area (Å²) in [6.07, 6.45) is 7.05. The molecule has 0 saturated heterocycles. The summed E-state index contributed by atoms with van der Waals surface area (Å²) < 4.78 is 1.61. The number of hydrogen-bond donors (Lipinski definition) is 1. The molecule has 3 rings (SSSR count). The van der Waals surface area contributed by atoms with Gasteiger partial charge in [0.05, 0.1) is 17.8 Å². The van der Waals surface area contributed by atoms with Crippen molar-refractivity contribution in [1.82, 2.24) is 34.4 Å². The highest BCUT2D eigenvalue weighted by Gasteiger charge is 2.19. The van der Waals surface area contributed by atoms with E-state index in [0.29, 0.717) is 24.3 Å². The third kappa shape index (κ3) is 2.35. The van der Waals surface area contributed by atoms with Gasteiger partial charge in [0, 0.05) is 25.6 Å². The van der Waals surface area contributed by atoms with Crippen molar-refractivity contribution in [3.05, 3.63) is 42.0 Å². The van der Waals surface area contributed by atoms with Crippen molar-refractivity contribution < 1.29 is 4.79 Å². The molecule has 1 amide bonds. The minimum atomic E-state index is -0.117. The molecule has 0 aliphatic heterocycles. The molecule has 0 spiro atoms. The van der Waals surface area contributed by atoms with Gasteiger partial charge in [-0.2, -0.15) is 10.1 Å². The van der Waals surface area contributed by atoms with Gasteiger partial charge >= 0.3 is 0 Å². The highest BCUT2D eigenvalue weighted by atomic mass is 16.2. The lowest BCUT2D eigenvalue weighted by Crippen LogP contribution is -2.28. The highest BCUT2D eigenvalue weighted by Crippen LogP contribution is 2.13. The number of aromatic nitrogens is 6. The fourth-order valence-corrected chi connectivity index (χ4v) is 2.23. The number of amides is 1. The monoisotopic (exact) mass is 285 g/mol. The zero-order valence-corrected chi connectivity index (χ0v) is 11.8. The van der Waals surface area contributed by atoms with Crippen LogP contribution >= 0.6 is 0 Å². The molecule has 0 aliphatic rings. The van der Waals surface area contributed by atoms with E-state index in [0.717, 1.165) is 11.5 Å². The number of hydrogen-bond acceptors (Lipinski definition) is 5. The first-order chi connectivity index (χ1) is 10.2. The normalized spacial score (nSPS) is 11.0. The smallest absolute Gasteiger partial charge is 0.257 e. The van der Waals surface area contributed by atoms with E-state index in [9.17, 15) is 4.79 Å². The van der Waals surface area contributed by atoms with E-state index >= 15 is 0 Å². The van der Waals surface area contributed by atoms with Gasteiger partial charge in [0.1, 0.15) is 12.2 Å². The van der Waals surface area contributed by atoms with Crippen LogP contribution in [-0.4, -0.2) is 47.4 Å². The Balaban J connectivity index is 1.93. The van der Waals surface area contributed by atoms with Crippen LogP contribution in [0, 0.1) is 0 Å². The van der Waals surface area contributed by atoms with Crippen LogP contribution in [0.4, 0.5) is 0 Å². The number of H-pyrrole nitrogens is 1. The SMILES string of the molecule is CCc1c(C(=O)N(C)Cc2ncc[nH]2)cnc2ncnn12. The molecule has 0 radical (unpaired) electrons. The fourth-order valence-electron chi connectivity index (χ4n) is 2.23. The van der Waals surface area contributed by atoms with Crippen LogP contribution in [0.1, 0.15) is 28.8 Å².